The first-order valence-corrected chi connectivity index (χ1v) is 6.70. The molecule has 0 amide bonds. The van der Waals surface area contributed by atoms with Crippen LogP contribution in [0.5, 0.6) is 5.75 Å². The minimum absolute atomic E-state index is 0.313. The van der Waals surface area contributed by atoms with Gasteiger partial charge in [-0.05, 0) is 29.8 Å². The molecule has 0 saturated carbocycles. The molecule has 0 bridgehead atoms. The summed E-state index contributed by atoms with van der Waals surface area (Å²) >= 11 is 0. The van der Waals surface area contributed by atoms with Crippen LogP contribution in [0.25, 0.3) is 0 Å². The largest absolute Gasteiger partial charge is 0.496 e. The Morgan fingerprint density at radius 1 is 1.09 bits per heavy atom. The van der Waals surface area contributed by atoms with Gasteiger partial charge in [0.05, 0.1) is 26.0 Å². The van der Waals surface area contributed by atoms with Gasteiger partial charge in [0, 0.05) is 5.56 Å². The summed E-state index contributed by atoms with van der Waals surface area (Å²) in [6.45, 7) is 0.313. The number of carbonyl (C=O) groups excluding carboxylic acids is 1. The highest BCUT2D eigenvalue weighted by molar-refractivity contribution is 5.89. The van der Waals surface area contributed by atoms with Crippen LogP contribution in [0.4, 0.5) is 0 Å². The summed E-state index contributed by atoms with van der Waals surface area (Å²) in [6.07, 6.45) is 1.60. The fourth-order valence-electron chi connectivity index (χ4n) is 1.83. The SMILES string of the molecule is COC(=O)c1ccc(CO/N=C\c2ccccc2OC)cc1. The number of methoxy groups -OCH3 is 2. The van der Waals surface area contributed by atoms with E-state index in [0.717, 1.165) is 16.9 Å². The van der Waals surface area contributed by atoms with Crippen LogP contribution in [-0.2, 0) is 16.2 Å². The second-order valence-corrected chi connectivity index (χ2v) is 4.44. The zero-order chi connectivity index (χ0) is 15.8. The summed E-state index contributed by atoms with van der Waals surface area (Å²) in [5.41, 5.74) is 2.25. The lowest BCUT2D eigenvalue weighted by Crippen LogP contribution is -2.01. The van der Waals surface area contributed by atoms with Crippen LogP contribution in [0.2, 0.25) is 0 Å². The maximum Gasteiger partial charge on any atom is 0.337 e. The van der Waals surface area contributed by atoms with Gasteiger partial charge in [-0.3, -0.25) is 0 Å². The lowest BCUT2D eigenvalue weighted by atomic mass is 10.1. The van der Waals surface area contributed by atoms with Gasteiger partial charge < -0.3 is 14.3 Å². The van der Waals surface area contributed by atoms with Gasteiger partial charge in [-0.2, -0.15) is 0 Å². The van der Waals surface area contributed by atoms with Gasteiger partial charge in [-0.15, -0.1) is 0 Å². The van der Waals surface area contributed by atoms with E-state index in [-0.39, 0.29) is 5.97 Å². The molecule has 0 aliphatic rings. The molecular weight excluding hydrogens is 282 g/mol. The molecule has 0 aliphatic carbocycles. The molecular formula is C17H17NO4. The molecule has 0 spiro atoms. The van der Waals surface area contributed by atoms with Crippen LogP contribution < -0.4 is 4.74 Å². The zero-order valence-corrected chi connectivity index (χ0v) is 12.5. The summed E-state index contributed by atoms with van der Waals surface area (Å²) in [5.74, 6) is 0.374. The first kappa shape index (κ1) is 15.6. The number of benzene rings is 2. The van der Waals surface area contributed by atoms with Gasteiger partial charge in [0.15, 0.2) is 0 Å². The lowest BCUT2D eigenvalue weighted by Gasteiger charge is -2.04. The minimum atomic E-state index is -0.360. The third-order valence-corrected chi connectivity index (χ3v) is 3.01. The third kappa shape index (κ3) is 4.09. The topological polar surface area (TPSA) is 57.1 Å². The van der Waals surface area contributed by atoms with E-state index in [9.17, 15) is 4.79 Å². The van der Waals surface area contributed by atoms with E-state index in [4.69, 9.17) is 9.57 Å². The van der Waals surface area contributed by atoms with Gasteiger partial charge in [-0.1, -0.05) is 29.4 Å². The Morgan fingerprint density at radius 3 is 2.50 bits per heavy atom. The molecule has 2 aromatic carbocycles. The highest BCUT2D eigenvalue weighted by atomic mass is 16.6. The third-order valence-electron chi connectivity index (χ3n) is 3.01. The van der Waals surface area contributed by atoms with Gasteiger partial charge in [0.25, 0.3) is 0 Å². The molecule has 5 nitrogen and oxygen atoms in total. The maximum atomic E-state index is 11.3. The Hall–Kier alpha value is -2.82. The molecule has 0 heterocycles. The summed E-state index contributed by atoms with van der Waals surface area (Å²) in [6, 6.07) is 14.5. The highest BCUT2D eigenvalue weighted by Gasteiger charge is 2.04. The summed E-state index contributed by atoms with van der Waals surface area (Å²) in [4.78, 5) is 16.6. The van der Waals surface area contributed by atoms with Gasteiger partial charge >= 0.3 is 5.97 Å². The Balaban J connectivity index is 1.90. The van der Waals surface area contributed by atoms with Crippen molar-refractivity contribution in [3.63, 3.8) is 0 Å². The molecule has 2 rings (SSSR count). The van der Waals surface area contributed by atoms with Gasteiger partial charge in [0.1, 0.15) is 12.4 Å². The van der Waals surface area contributed by atoms with Crippen LogP contribution in [0.15, 0.2) is 53.7 Å². The molecule has 0 radical (unpaired) electrons. The van der Waals surface area contributed by atoms with E-state index in [1.54, 1.807) is 37.6 Å². The van der Waals surface area contributed by atoms with Gasteiger partial charge in [0.2, 0.25) is 0 Å². The van der Waals surface area contributed by atoms with Crippen molar-refractivity contribution < 1.29 is 19.1 Å². The number of nitrogens with zero attached hydrogens (tertiary/aromatic N) is 1. The molecule has 114 valence electrons. The maximum absolute atomic E-state index is 11.3. The highest BCUT2D eigenvalue weighted by Crippen LogP contribution is 2.15. The molecule has 5 heteroatoms. The van der Waals surface area contributed by atoms with Crippen LogP contribution >= 0.6 is 0 Å². The Kier molecular flexibility index (Phi) is 5.54. The molecule has 0 aliphatic heterocycles. The van der Waals surface area contributed by atoms with E-state index in [1.165, 1.54) is 7.11 Å². The number of carbonyl (C=O) groups is 1. The number of ether oxygens (including phenoxy) is 2. The van der Waals surface area contributed by atoms with E-state index < -0.39 is 0 Å². The standard InChI is InChI=1S/C17H17NO4/c1-20-16-6-4-3-5-15(16)11-18-22-12-13-7-9-14(10-8-13)17(19)21-2/h3-11H,12H2,1-2H3/b18-11-. The summed E-state index contributed by atoms with van der Waals surface area (Å²) in [7, 11) is 2.96. The van der Waals surface area contributed by atoms with Crippen molar-refractivity contribution in [2.45, 2.75) is 6.61 Å². The van der Waals surface area contributed by atoms with Crippen molar-refractivity contribution in [1.82, 2.24) is 0 Å². The van der Waals surface area contributed by atoms with Crippen LogP contribution in [0, 0.1) is 0 Å². The number of rotatable bonds is 6. The molecule has 2 aromatic rings. The Labute approximate surface area is 129 Å². The fourth-order valence-corrected chi connectivity index (χ4v) is 1.83. The normalized spacial score (nSPS) is 10.5. The summed E-state index contributed by atoms with van der Waals surface area (Å²) < 4.78 is 9.86. The molecule has 0 N–H and O–H groups in total. The summed E-state index contributed by atoms with van der Waals surface area (Å²) in [5, 5.41) is 3.92. The molecule has 0 unspecified atom stereocenters. The molecule has 0 saturated heterocycles. The van der Waals surface area contributed by atoms with E-state index in [1.807, 2.05) is 24.3 Å². The van der Waals surface area contributed by atoms with Crippen molar-refractivity contribution in [1.29, 1.82) is 0 Å². The zero-order valence-electron chi connectivity index (χ0n) is 12.5. The average molecular weight is 299 g/mol. The Morgan fingerprint density at radius 2 is 1.82 bits per heavy atom. The quantitative estimate of drug-likeness (QED) is 0.467. The fraction of sp³-hybridized carbons (Fsp3) is 0.176. The van der Waals surface area contributed by atoms with Crippen LogP contribution in [-0.4, -0.2) is 26.4 Å². The smallest absolute Gasteiger partial charge is 0.337 e. The van der Waals surface area contributed by atoms with Crippen LogP contribution in [0.1, 0.15) is 21.5 Å². The number of hydrogen-bond donors (Lipinski definition) is 0. The van der Waals surface area contributed by atoms with E-state index >= 15 is 0 Å². The minimum Gasteiger partial charge on any atom is -0.496 e. The number of hydrogen-bond acceptors (Lipinski definition) is 5. The molecule has 22 heavy (non-hydrogen) atoms. The first-order valence-electron chi connectivity index (χ1n) is 6.70. The first-order chi connectivity index (χ1) is 10.7. The Bertz CT molecular complexity index is 650. The van der Waals surface area contributed by atoms with Crippen molar-refractivity contribution in [3.05, 3.63) is 65.2 Å². The van der Waals surface area contributed by atoms with Crippen molar-refractivity contribution in [2.24, 2.45) is 5.16 Å². The van der Waals surface area contributed by atoms with Crippen molar-refractivity contribution >= 4 is 12.2 Å². The second-order valence-electron chi connectivity index (χ2n) is 4.44. The van der Waals surface area contributed by atoms with Gasteiger partial charge in [-0.25, -0.2) is 4.79 Å². The van der Waals surface area contributed by atoms with E-state index in [0.29, 0.717) is 12.2 Å². The number of esters is 1. The predicted molar refractivity (Wildman–Crippen MR) is 83.2 cm³/mol. The van der Waals surface area contributed by atoms with E-state index in [2.05, 4.69) is 9.89 Å². The lowest BCUT2D eigenvalue weighted by molar-refractivity contribution is 0.0600. The average Bonchev–Trinajstić information content (AvgIpc) is 2.59. The number of para-hydroxylation sites is 1. The van der Waals surface area contributed by atoms with Crippen LogP contribution in [0.3, 0.4) is 0 Å². The van der Waals surface area contributed by atoms with Crippen molar-refractivity contribution in [3.8, 4) is 5.75 Å². The molecule has 0 atom stereocenters. The number of oxime groups is 1. The van der Waals surface area contributed by atoms with Crippen molar-refractivity contribution in [2.75, 3.05) is 14.2 Å². The molecule has 0 aromatic heterocycles. The monoisotopic (exact) mass is 299 g/mol. The second kappa shape index (κ2) is 7.83. The predicted octanol–water partition coefficient (Wildman–Crippen LogP) is 3.03. The molecule has 0 fully saturated rings.